The van der Waals surface area contributed by atoms with Gasteiger partial charge in [0.2, 0.25) is 0 Å². The van der Waals surface area contributed by atoms with Crippen molar-refractivity contribution in [3.05, 3.63) is 0 Å². The lowest BCUT2D eigenvalue weighted by molar-refractivity contribution is -0.0142. The van der Waals surface area contributed by atoms with Crippen molar-refractivity contribution in [2.75, 3.05) is 33.2 Å². The van der Waals surface area contributed by atoms with Gasteiger partial charge < -0.3 is 10.6 Å². The summed E-state index contributed by atoms with van der Waals surface area (Å²) in [5.74, 6) is 0.900. The molecule has 3 heteroatoms. The molecule has 2 heterocycles. The molecule has 2 aliphatic heterocycles. The molecule has 3 nitrogen and oxygen atoms in total. The summed E-state index contributed by atoms with van der Waals surface area (Å²) < 4.78 is 0. The molecule has 2 aliphatic rings. The van der Waals surface area contributed by atoms with Crippen LogP contribution in [0.5, 0.6) is 0 Å². The van der Waals surface area contributed by atoms with Gasteiger partial charge in [-0.3, -0.25) is 4.90 Å². The van der Waals surface area contributed by atoms with Gasteiger partial charge in [0.15, 0.2) is 0 Å². The van der Waals surface area contributed by atoms with Crippen molar-refractivity contribution >= 4 is 0 Å². The molecule has 0 spiro atoms. The molecule has 0 aliphatic carbocycles. The van der Waals surface area contributed by atoms with Gasteiger partial charge in [0.1, 0.15) is 0 Å². The van der Waals surface area contributed by atoms with Crippen LogP contribution >= 0.6 is 0 Å². The zero-order valence-corrected chi connectivity index (χ0v) is 12.5. The number of hydrogen-bond donors (Lipinski definition) is 1. The van der Waals surface area contributed by atoms with Crippen molar-refractivity contribution in [2.24, 2.45) is 11.7 Å². The van der Waals surface area contributed by atoms with Gasteiger partial charge in [-0.05, 0) is 58.7 Å². The quantitative estimate of drug-likeness (QED) is 0.834. The van der Waals surface area contributed by atoms with E-state index in [1.165, 1.54) is 51.7 Å². The second-order valence-electron chi connectivity index (χ2n) is 6.57. The van der Waals surface area contributed by atoms with Crippen LogP contribution < -0.4 is 5.73 Å². The Morgan fingerprint density at radius 1 is 1.33 bits per heavy atom. The lowest BCUT2D eigenvalue weighted by atomic mass is 9.79. The van der Waals surface area contributed by atoms with E-state index in [2.05, 4.69) is 30.7 Å². The zero-order chi connectivity index (χ0) is 13.2. The number of nitrogens with two attached hydrogens (primary N) is 1. The fraction of sp³-hybridized carbons (Fsp3) is 1.00. The molecule has 0 amide bonds. The normalized spacial score (nSPS) is 40.0. The van der Waals surface area contributed by atoms with Gasteiger partial charge in [-0.25, -0.2) is 0 Å². The van der Waals surface area contributed by atoms with Crippen LogP contribution in [0.25, 0.3) is 0 Å². The Kier molecular flexibility index (Phi) is 4.68. The van der Waals surface area contributed by atoms with Gasteiger partial charge >= 0.3 is 0 Å². The molecular formula is C15H31N3. The highest BCUT2D eigenvalue weighted by molar-refractivity contribution is 4.99. The third kappa shape index (κ3) is 2.73. The molecule has 0 aromatic heterocycles. The SMILES string of the molecule is CCC1CCCN(C2(CN)CCN(C)C(C)C2)C1. The van der Waals surface area contributed by atoms with E-state index in [1.54, 1.807) is 0 Å². The largest absolute Gasteiger partial charge is 0.329 e. The first-order chi connectivity index (χ1) is 8.61. The molecule has 2 fully saturated rings. The van der Waals surface area contributed by atoms with E-state index < -0.39 is 0 Å². The summed E-state index contributed by atoms with van der Waals surface area (Å²) in [6.45, 7) is 9.27. The first kappa shape index (κ1) is 14.3. The fourth-order valence-corrected chi connectivity index (χ4v) is 3.84. The third-order valence-electron chi connectivity index (χ3n) is 5.50. The Morgan fingerprint density at radius 2 is 2.11 bits per heavy atom. The number of rotatable bonds is 3. The van der Waals surface area contributed by atoms with Gasteiger partial charge in [0, 0.05) is 24.7 Å². The van der Waals surface area contributed by atoms with Crippen molar-refractivity contribution in [3.8, 4) is 0 Å². The Balaban J connectivity index is 2.07. The summed E-state index contributed by atoms with van der Waals surface area (Å²) in [5, 5.41) is 0. The summed E-state index contributed by atoms with van der Waals surface area (Å²) in [6, 6.07) is 0.671. The predicted molar refractivity (Wildman–Crippen MR) is 77.7 cm³/mol. The first-order valence-electron chi connectivity index (χ1n) is 7.76. The van der Waals surface area contributed by atoms with Crippen LogP contribution in [-0.2, 0) is 0 Å². The van der Waals surface area contributed by atoms with Crippen LogP contribution in [0.3, 0.4) is 0 Å². The van der Waals surface area contributed by atoms with Crippen LogP contribution in [0.2, 0.25) is 0 Å². The van der Waals surface area contributed by atoms with Gasteiger partial charge in [0.05, 0.1) is 0 Å². The number of piperidine rings is 2. The summed E-state index contributed by atoms with van der Waals surface area (Å²) >= 11 is 0. The van der Waals surface area contributed by atoms with Gasteiger partial charge in [-0.15, -0.1) is 0 Å². The van der Waals surface area contributed by atoms with E-state index >= 15 is 0 Å². The van der Waals surface area contributed by atoms with Crippen molar-refractivity contribution in [1.82, 2.24) is 9.80 Å². The molecule has 2 N–H and O–H groups in total. The second-order valence-corrected chi connectivity index (χ2v) is 6.57. The van der Waals surface area contributed by atoms with E-state index in [4.69, 9.17) is 5.73 Å². The maximum Gasteiger partial charge on any atom is 0.0358 e. The van der Waals surface area contributed by atoms with Gasteiger partial charge in [-0.2, -0.15) is 0 Å². The van der Waals surface area contributed by atoms with E-state index in [-0.39, 0.29) is 0 Å². The maximum atomic E-state index is 6.20. The van der Waals surface area contributed by atoms with Gasteiger partial charge in [-0.1, -0.05) is 13.3 Å². The summed E-state index contributed by atoms with van der Waals surface area (Å²) in [6.07, 6.45) is 6.61. The monoisotopic (exact) mass is 253 g/mol. The Labute approximate surface area is 113 Å². The molecule has 2 saturated heterocycles. The minimum absolute atomic E-state index is 0.291. The van der Waals surface area contributed by atoms with Crippen molar-refractivity contribution < 1.29 is 0 Å². The molecule has 18 heavy (non-hydrogen) atoms. The Hall–Kier alpha value is -0.120. The molecular weight excluding hydrogens is 222 g/mol. The van der Waals surface area contributed by atoms with Crippen molar-refractivity contribution in [3.63, 3.8) is 0 Å². The third-order valence-corrected chi connectivity index (χ3v) is 5.50. The highest BCUT2D eigenvalue weighted by Gasteiger charge is 2.42. The second kappa shape index (κ2) is 5.89. The molecule has 0 aromatic carbocycles. The van der Waals surface area contributed by atoms with Crippen LogP contribution in [0, 0.1) is 5.92 Å². The fourth-order valence-electron chi connectivity index (χ4n) is 3.84. The minimum atomic E-state index is 0.291. The molecule has 0 saturated carbocycles. The lowest BCUT2D eigenvalue weighted by Gasteiger charge is -2.52. The Bertz CT molecular complexity index is 268. The molecule has 3 unspecified atom stereocenters. The topological polar surface area (TPSA) is 32.5 Å². The highest BCUT2D eigenvalue weighted by Crippen LogP contribution is 2.34. The van der Waals surface area contributed by atoms with Crippen LogP contribution in [0.1, 0.15) is 46.0 Å². The van der Waals surface area contributed by atoms with Crippen molar-refractivity contribution in [2.45, 2.75) is 57.5 Å². The molecule has 3 atom stereocenters. The molecule has 106 valence electrons. The van der Waals surface area contributed by atoms with Crippen LogP contribution in [-0.4, -0.2) is 54.6 Å². The molecule has 0 bridgehead atoms. The zero-order valence-electron chi connectivity index (χ0n) is 12.5. The standard InChI is InChI=1S/C15H31N3/c1-4-14-6-5-8-18(11-14)15(12-16)7-9-17(3)13(2)10-15/h13-14H,4-12,16H2,1-3H3. The van der Waals surface area contributed by atoms with E-state index in [0.29, 0.717) is 11.6 Å². The van der Waals surface area contributed by atoms with Crippen LogP contribution in [0.15, 0.2) is 0 Å². The molecule has 0 radical (unpaired) electrons. The highest BCUT2D eigenvalue weighted by atomic mass is 15.3. The summed E-state index contributed by atoms with van der Waals surface area (Å²) in [5.41, 5.74) is 6.49. The predicted octanol–water partition coefficient (Wildman–Crippen LogP) is 1.92. The summed E-state index contributed by atoms with van der Waals surface area (Å²) in [7, 11) is 2.25. The smallest absolute Gasteiger partial charge is 0.0358 e. The van der Waals surface area contributed by atoms with E-state index in [0.717, 1.165) is 12.5 Å². The molecule has 2 rings (SSSR count). The van der Waals surface area contributed by atoms with Crippen molar-refractivity contribution in [1.29, 1.82) is 0 Å². The van der Waals surface area contributed by atoms with E-state index in [9.17, 15) is 0 Å². The first-order valence-corrected chi connectivity index (χ1v) is 7.76. The van der Waals surface area contributed by atoms with Crippen LogP contribution in [0.4, 0.5) is 0 Å². The average molecular weight is 253 g/mol. The van der Waals surface area contributed by atoms with Gasteiger partial charge in [0.25, 0.3) is 0 Å². The minimum Gasteiger partial charge on any atom is -0.329 e. The number of likely N-dealkylation sites (tertiary alicyclic amines) is 2. The lowest BCUT2D eigenvalue weighted by Crippen LogP contribution is -2.62. The summed E-state index contributed by atoms with van der Waals surface area (Å²) in [4.78, 5) is 5.23. The number of nitrogens with zero attached hydrogens (tertiary/aromatic N) is 2. The Morgan fingerprint density at radius 3 is 2.72 bits per heavy atom. The molecule has 0 aromatic rings. The number of hydrogen-bond acceptors (Lipinski definition) is 3. The maximum absolute atomic E-state index is 6.20. The average Bonchev–Trinajstić information content (AvgIpc) is 2.42. The van der Waals surface area contributed by atoms with E-state index in [1.807, 2.05) is 0 Å².